The Kier molecular flexibility index (Phi) is 2.13. The molecule has 0 bridgehead atoms. The SMILES string of the molecule is CC1CO[C@@H]2C1CCC(C)[C@H]2O. The Labute approximate surface area is 73.9 Å². The summed E-state index contributed by atoms with van der Waals surface area (Å²) in [5, 5.41) is 9.84. The molecular formula is C10H18O2. The van der Waals surface area contributed by atoms with E-state index in [9.17, 15) is 5.11 Å². The van der Waals surface area contributed by atoms with Crippen LogP contribution in [0.3, 0.4) is 0 Å². The highest BCUT2D eigenvalue weighted by molar-refractivity contribution is 4.92. The Morgan fingerprint density at radius 2 is 1.92 bits per heavy atom. The van der Waals surface area contributed by atoms with Crippen molar-refractivity contribution in [3.05, 3.63) is 0 Å². The standard InChI is InChI=1S/C10H18O2/c1-6-3-4-8-7(2)5-12-10(8)9(6)11/h6-11H,3-5H2,1-2H3/t6?,7?,8?,9-,10-/m1/s1. The van der Waals surface area contributed by atoms with Crippen molar-refractivity contribution in [3.8, 4) is 0 Å². The van der Waals surface area contributed by atoms with E-state index in [-0.39, 0.29) is 12.2 Å². The number of hydrogen-bond acceptors (Lipinski definition) is 2. The topological polar surface area (TPSA) is 29.5 Å². The van der Waals surface area contributed by atoms with Gasteiger partial charge in [-0.2, -0.15) is 0 Å². The zero-order valence-electron chi connectivity index (χ0n) is 7.86. The maximum Gasteiger partial charge on any atom is 0.0868 e. The number of aliphatic hydroxyl groups is 1. The van der Waals surface area contributed by atoms with Gasteiger partial charge in [0.2, 0.25) is 0 Å². The fourth-order valence-electron chi connectivity index (χ4n) is 2.58. The minimum atomic E-state index is -0.214. The van der Waals surface area contributed by atoms with Crippen LogP contribution in [0, 0.1) is 17.8 Å². The van der Waals surface area contributed by atoms with E-state index in [1.165, 1.54) is 6.42 Å². The Morgan fingerprint density at radius 3 is 2.67 bits per heavy atom. The van der Waals surface area contributed by atoms with Crippen molar-refractivity contribution in [1.82, 2.24) is 0 Å². The van der Waals surface area contributed by atoms with Gasteiger partial charge in [0.15, 0.2) is 0 Å². The summed E-state index contributed by atoms with van der Waals surface area (Å²) in [6.45, 7) is 5.19. The molecule has 2 fully saturated rings. The normalized spacial score (nSPS) is 53.8. The molecule has 2 heteroatoms. The smallest absolute Gasteiger partial charge is 0.0868 e. The van der Waals surface area contributed by atoms with Crippen LogP contribution >= 0.6 is 0 Å². The monoisotopic (exact) mass is 170 g/mol. The average Bonchev–Trinajstić information content (AvgIpc) is 2.41. The minimum Gasteiger partial charge on any atom is -0.390 e. The number of hydrogen-bond donors (Lipinski definition) is 1. The third-order valence-electron chi connectivity index (χ3n) is 3.58. The van der Waals surface area contributed by atoms with E-state index >= 15 is 0 Å². The average molecular weight is 170 g/mol. The molecule has 0 radical (unpaired) electrons. The Bertz CT molecular complexity index is 169. The van der Waals surface area contributed by atoms with Crippen LogP contribution in [0.4, 0.5) is 0 Å². The predicted octanol–water partition coefficient (Wildman–Crippen LogP) is 1.43. The molecule has 1 N–H and O–H groups in total. The number of ether oxygens (including phenoxy) is 1. The summed E-state index contributed by atoms with van der Waals surface area (Å²) in [4.78, 5) is 0. The van der Waals surface area contributed by atoms with Crippen LogP contribution in [-0.2, 0) is 4.74 Å². The second-order valence-electron chi connectivity index (χ2n) is 4.48. The van der Waals surface area contributed by atoms with Gasteiger partial charge in [-0.25, -0.2) is 0 Å². The lowest BCUT2D eigenvalue weighted by molar-refractivity contribution is -0.0665. The first-order valence-electron chi connectivity index (χ1n) is 5.00. The summed E-state index contributed by atoms with van der Waals surface area (Å²) in [5.41, 5.74) is 0. The van der Waals surface area contributed by atoms with Crippen molar-refractivity contribution in [2.75, 3.05) is 6.61 Å². The van der Waals surface area contributed by atoms with Gasteiger partial charge in [0.1, 0.15) is 0 Å². The van der Waals surface area contributed by atoms with Crippen molar-refractivity contribution < 1.29 is 9.84 Å². The summed E-state index contributed by atoms with van der Waals surface area (Å²) in [7, 11) is 0. The molecule has 1 saturated carbocycles. The second-order valence-corrected chi connectivity index (χ2v) is 4.48. The van der Waals surface area contributed by atoms with Gasteiger partial charge in [0, 0.05) is 0 Å². The molecule has 1 saturated heterocycles. The van der Waals surface area contributed by atoms with Gasteiger partial charge in [-0.15, -0.1) is 0 Å². The van der Waals surface area contributed by atoms with Gasteiger partial charge < -0.3 is 9.84 Å². The summed E-state index contributed by atoms with van der Waals surface area (Å²) in [5.74, 6) is 1.70. The van der Waals surface area contributed by atoms with Crippen LogP contribution < -0.4 is 0 Å². The number of rotatable bonds is 0. The fraction of sp³-hybridized carbons (Fsp3) is 1.00. The quantitative estimate of drug-likeness (QED) is 0.596. The molecule has 2 nitrogen and oxygen atoms in total. The number of fused-ring (bicyclic) bond motifs is 1. The first-order chi connectivity index (χ1) is 5.70. The lowest BCUT2D eigenvalue weighted by Crippen LogP contribution is -2.41. The Hall–Kier alpha value is -0.0800. The van der Waals surface area contributed by atoms with Gasteiger partial charge in [0.05, 0.1) is 18.8 Å². The second kappa shape index (κ2) is 3.00. The molecule has 2 rings (SSSR count). The summed E-state index contributed by atoms with van der Waals surface area (Å²) >= 11 is 0. The molecule has 2 aliphatic rings. The van der Waals surface area contributed by atoms with E-state index in [0.29, 0.717) is 17.8 Å². The molecule has 0 aromatic rings. The molecule has 1 heterocycles. The third-order valence-corrected chi connectivity index (χ3v) is 3.58. The highest BCUT2D eigenvalue weighted by atomic mass is 16.5. The van der Waals surface area contributed by atoms with Gasteiger partial charge in [0.25, 0.3) is 0 Å². The highest BCUT2D eigenvalue weighted by Crippen LogP contribution is 2.40. The molecule has 1 aliphatic carbocycles. The summed E-state index contributed by atoms with van der Waals surface area (Å²) in [6.07, 6.45) is 2.33. The van der Waals surface area contributed by atoms with Crippen molar-refractivity contribution in [3.63, 3.8) is 0 Å². The van der Waals surface area contributed by atoms with Crippen LogP contribution in [0.25, 0.3) is 0 Å². The van der Waals surface area contributed by atoms with Crippen molar-refractivity contribution in [2.45, 2.75) is 38.9 Å². The highest BCUT2D eigenvalue weighted by Gasteiger charge is 2.43. The maximum atomic E-state index is 9.84. The first kappa shape index (κ1) is 8.52. The van der Waals surface area contributed by atoms with Gasteiger partial charge in [-0.05, 0) is 30.6 Å². The molecular weight excluding hydrogens is 152 g/mol. The number of aliphatic hydroxyl groups excluding tert-OH is 1. The van der Waals surface area contributed by atoms with Crippen LogP contribution in [0.1, 0.15) is 26.7 Å². The molecule has 0 aromatic heterocycles. The largest absolute Gasteiger partial charge is 0.390 e. The lowest BCUT2D eigenvalue weighted by atomic mass is 9.75. The molecule has 5 atom stereocenters. The van der Waals surface area contributed by atoms with Crippen molar-refractivity contribution >= 4 is 0 Å². The van der Waals surface area contributed by atoms with E-state index in [1.54, 1.807) is 0 Å². The third kappa shape index (κ3) is 1.17. The minimum absolute atomic E-state index is 0.142. The summed E-state index contributed by atoms with van der Waals surface area (Å²) < 4.78 is 5.60. The zero-order valence-corrected chi connectivity index (χ0v) is 7.86. The summed E-state index contributed by atoms with van der Waals surface area (Å²) in [6, 6.07) is 0. The molecule has 70 valence electrons. The first-order valence-corrected chi connectivity index (χ1v) is 5.00. The van der Waals surface area contributed by atoms with E-state index < -0.39 is 0 Å². The predicted molar refractivity (Wildman–Crippen MR) is 46.8 cm³/mol. The van der Waals surface area contributed by atoms with Crippen LogP contribution in [0.15, 0.2) is 0 Å². The molecule has 3 unspecified atom stereocenters. The van der Waals surface area contributed by atoms with E-state index in [2.05, 4.69) is 13.8 Å². The van der Waals surface area contributed by atoms with Crippen LogP contribution in [0.2, 0.25) is 0 Å². The zero-order chi connectivity index (χ0) is 8.72. The van der Waals surface area contributed by atoms with E-state index in [0.717, 1.165) is 13.0 Å². The molecule has 0 aromatic carbocycles. The maximum absolute atomic E-state index is 9.84. The van der Waals surface area contributed by atoms with Crippen LogP contribution in [0.5, 0.6) is 0 Å². The van der Waals surface area contributed by atoms with E-state index in [1.807, 2.05) is 0 Å². The molecule has 12 heavy (non-hydrogen) atoms. The molecule has 0 spiro atoms. The van der Waals surface area contributed by atoms with Gasteiger partial charge in [-0.1, -0.05) is 13.8 Å². The van der Waals surface area contributed by atoms with Gasteiger partial charge >= 0.3 is 0 Å². The lowest BCUT2D eigenvalue weighted by Gasteiger charge is -2.35. The molecule has 0 amide bonds. The Morgan fingerprint density at radius 1 is 1.17 bits per heavy atom. The Balaban J connectivity index is 2.09. The van der Waals surface area contributed by atoms with Crippen molar-refractivity contribution in [2.24, 2.45) is 17.8 Å². The van der Waals surface area contributed by atoms with Crippen LogP contribution in [-0.4, -0.2) is 23.9 Å². The fourth-order valence-corrected chi connectivity index (χ4v) is 2.58. The van der Waals surface area contributed by atoms with Crippen molar-refractivity contribution in [1.29, 1.82) is 0 Å². The molecule has 1 aliphatic heterocycles. The van der Waals surface area contributed by atoms with Gasteiger partial charge in [-0.3, -0.25) is 0 Å². The van der Waals surface area contributed by atoms with E-state index in [4.69, 9.17) is 4.74 Å².